The number of carbonyl (C=O) groups is 2. The number of anilines is 1. The van der Waals surface area contributed by atoms with Crippen molar-refractivity contribution in [3.8, 4) is 0 Å². The van der Waals surface area contributed by atoms with E-state index in [4.69, 9.17) is 4.74 Å². The molecule has 2 bridgehead atoms. The van der Waals surface area contributed by atoms with Crippen LogP contribution in [-0.4, -0.2) is 45.9 Å². The van der Waals surface area contributed by atoms with Crippen LogP contribution in [0.5, 0.6) is 0 Å². The predicted molar refractivity (Wildman–Crippen MR) is 138 cm³/mol. The second-order valence-electron chi connectivity index (χ2n) is 13.2. The van der Waals surface area contributed by atoms with Gasteiger partial charge in [0.2, 0.25) is 5.91 Å². The molecule has 4 aliphatic carbocycles. The molecular formula is C29H45N3O4. The summed E-state index contributed by atoms with van der Waals surface area (Å²) in [7, 11) is 1.70. The van der Waals surface area contributed by atoms with Gasteiger partial charge in [0.1, 0.15) is 0 Å². The highest BCUT2D eigenvalue weighted by Gasteiger charge is 2.62. The highest BCUT2D eigenvalue weighted by Crippen LogP contribution is 2.68. The molecular weight excluding hydrogens is 454 g/mol. The van der Waals surface area contributed by atoms with Crippen LogP contribution in [0, 0.1) is 40.4 Å². The number of aliphatic hydroxyl groups is 1. The highest BCUT2D eigenvalue weighted by atomic mass is 16.5. The monoisotopic (exact) mass is 499 g/mol. The molecule has 4 aliphatic rings. The van der Waals surface area contributed by atoms with Gasteiger partial charge in [-0.15, -0.1) is 0 Å². The van der Waals surface area contributed by atoms with Crippen LogP contribution in [0.4, 0.5) is 5.69 Å². The summed E-state index contributed by atoms with van der Waals surface area (Å²) < 4.78 is 7.08. The second-order valence-corrected chi connectivity index (χ2v) is 13.2. The lowest BCUT2D eigenvalue weighted by atomic mass is 9.48. The lowest BCUT2D eigenvalue weighted by Gasteiger charge is -2.56. The van der Waals surface area contributed by atoms with E-state index in [1.54, 1.807) is 24.2 Å². The number of hydrogen-bond donors (Lipinski definition) is 2. The third-order valence-electron chi connectivity index (χ3n) is 11.0. The van der Waals surface area contributed by atoms with Crippen LogP contribution in [0.1, 0.15) is 85.0 Å². The quantitative estimate of drug-likeness (QED) is 0.584. The molecule has 1 amide bonds. The number of nitrogens with zero attached hydrogens (tertiary/aromatic N) is 2. The normalized spacial score (nSPS) is 42.1. The fourth-order valence-corrected chi connectivity index (χ4v) is 9.60. The first-order chi connectivity index (χ1) is 17.1. The van der Waals surface area contributed by atoms with Gasteiger partial charge in [-0.25, -0.2) is 0 Å². The zero-order valence-electron chi connectivity index (χ0n) is 22.6. The number of ether oxygens (including phenoxy) is 1. The Balaban J connectivity index is 1.32. The predicted octanol–water partition coefficient (Wildman–Crippen LogP) is 4.84. The van der Waals surface area contributed by atoms with Crippen molar-refractivity contribution in [2.24, 2.45) is 40.4 Å². The third kappa shape index (κ3) is 4.55. The summed E-state index contributed by atoms with van der Waals surface area (Å²) >= 11 is 0. The number of aromatic nitrogens is 2. The zero-order chi connectivity index (χ0) is 25.7. The lowest BCUT2D eigenvalue weighted by Crippen LogP contribution is -2.51. The van der Waals surface area contributed by atoms with Gasteiger partial charge in [-0.2, -0.15) is 5.10 Å². The molecule has 1 aromatic rings. The van der Waals surface area contributed by atoms with Gasteiger partial charge in [-0.05, 0) is 98.7 Å². The molecule has 8 atom stereocenters. The minimum atomic E-state index is -0.664. The SMILES string of the molecule is COC[C@@]1(O)CC[C@@H]2C[C@@H](CC[C@@]3(C)[C@@H]4CC[C@H](C(=O)Cn5cc(NC(C)=O)cn5)[C@@]4(C)CC[C@H]23)C1. The van der Waals surface area contributed by atoms with E-state index in [0.29, 0.717) is 36.0 Å². The number of amides is 1. The summed E-state index contributed by atoms with van der Waals surface area (Å²) in [6.45, 7) is 7.15. The van der Waals surface area contributed by atoms with Crippen LogP contribution in [0.3, 0.4) is 0 Å². The first kappa shape index (κ1) is 25.9. The van der Waals surface area contributed by atoms with Gasteiger partial charge in [-0.1, -0.05) is 13.8 Å². The fourth-order valence-electron chi connectivity index (χ4n) is 9.60. The number of Topliss-reactive ketones (excluding diaryl/α,β-unsaturated/α-hetero) is 1. The largest absolute Gasteiger partial charge is 0.387 e. The minimum Gasteiger partial charge on any atom is -0.387 e. The number of fused-ring (bicyclic) bond motifs is 6. The van der Waals surface area contributed by atoms with E-state index < -0.39 is 5.60 Å². The van der Waals surface area contributed by atoms with Gasteiger partial charge >= 0.3 is 0 Å². The average Bonchev–Trinajstić information content (AvgIpc) is 3.30. The molecule has 1 heterocycles. The fraction of sp³-hybridized carbons (Fsp3) is 0.828. The van der Waals surface area contributed by atoms with E-state index in [1.807, 2.05) is 0 Å². The van der Waals surface area contributed by atoms with Crippen molar-refractivity contribution in [3.63, 3.8) is 0 Å². The van der Waals surface area contributed by atoms with Gasteiger partial charge in [0.05, 0.1) is 30.6 Å². The topological polar surface area (TPSA) is 93.5 Å². The maximum Gasteiger partial charge on any atom is 0.221 e. The van der Waals surface area contributed by atoms with Crippen molar-refractivity contribution in [2.45, 2.75) is 97.1 Å². The zero-order valence-corrected chi connectivity index (χ0v) is 22.6. The Labute approximate surface area is 215 Å². The van der Waals surface area contributed by atoms with Crippen molar-refractivity contribution in [2.75, 3.05) is 19.0 Å². The van der Waals surface area contributed by atoms with E-state index in [9.17, 15) is 14.7 Å². The molecule has 7 heteroatoms. The molecule has 0 unspecified atom stereocenters. The number of ketones is 1. The van der Waals surface area contributed by atoms with Gasteiger partial charge in [-0.3, -0.25) is 14.3 Å². The van der Waals surface area contributed by atoms with Crippen LogP contribution >= 0.6 is 0 Å². The summed E-state index contributed by atoms with van der Waals surface area (Å²) in [4.78, 5) is 25.0. The minimum absolute atomic E-state index is 0.0429. The van der Waals surface area contributed by atoms with Gasteiger partial charge in [0.25, 0.3) is 0 Å². The van der Waals surface area contributed by atoms with Crippen LogP contribution in [0.25, 0.3) is 0 Å². The van der Waals surface area contributed by atoms with Crippen molar-refractivity contribution >= 4 is 17.4 Å². The van der Waals surface area contributed by atoms with Gasteiger partial charge in [0, 0.05) is 26.1 Å². The van der Waals surface area contributed by atoms with Crippen molar-refractivity contribution < 1.29 is 19.4 Å². The number of methoxy groups -OCH3 is 1. The summed E-state index contributed by atoms with van der Waals surface area (Å²) in [5, 5.41) is 18.3. The van der Waals surface area contributed by atoms with Crippen LogP contribution in [-0.2, 0) is 20.9 Å². The molecule has 2 N–H and O–H groups in total. The van der Waals surface area contributed by atoms with Crippen molar-refractivity contribution in [1.29, 1.82) is 0 Å². The van der Waals surface area contributed by atoms with E-state index in [2.05, 4.69) is 24.3 Å². The van der Waals surface area contributed by atoms with Crippen LogP contribution < -0.4 is 5.32 Å². The Morgan fingerprint density at radius 2 is 1.92 bits per heavy atom. The first-order valence-electron chi connectivity index (χ1n) is 14.1. The number of carbonyl (C=O) groups excluding carboxylic acids is 2. The molecule has 36 heavy (non-hydrogen) atoms. The van der Waals surface area contributed by atoms with E-state index in [1.165, 1.54) is 32.6 Å². The smallest absolute Gasteiger partial charge is 0.221 e. The summed E-state index contributed by atoms with van der Waals surface area (Å²) in [5.74, 6) is 2.73. The first-order valence-corrected chi connectivity index (χ1v) is 14.1. The molecule has 5 rings (SSSR count). The van der Waals surface area contributed by atoms with E-state index in [0.717, 1.165) is 38.5 Å². The van der Waals surface area contributed by atoms with E-state index in [-0.39, 0.29) is 35.0 Å². The van der Waals surface area contributed by atoms with Crippen molar-refractivity contribution in [3.05, 3.63) is 12.4 Å². The Hall–Kier alpha value is -1.73. The Kier molecular flexibility index (Phi) is 6.86. The maximum atomic E-state index is 13.6. The molecule has 7 nitrogen and oxygen atoms in total. The molecule has 0 aliphatic heterocycles. The molecule has 0 saturated heterocycles. The van der Waals surface area contributed by atoms with Crippen molar-refractivity contribution in [1.82, 2.24) is 9.78 Å². The van der Waals surface area contributed by atoms with E-state index >= 15 is 0 Å². The van der Waals surface area contributed by atoms with Gasteiger partial charge in [0.15, 0.2) is 5.78 Å². The Morgan fingerprint density at radius 1 is 1.14 bits per heavy atom. The summed E-state index contributed by atoms with van der Waals surface area (Å²) in [6, 6.07) is 0. The maximum absolute atomic E-state index is 13.6. The Bertz CT molecular complexity index is 993. The van der Waals surface area contributed by atoms with Crippen LogP contribution in [0.2, 0.25) is 0 Å². The Morgan fingerprint density at radius 3 is 2.67 bits per heavy atom. The molecule has 0 radical (unpaired) electrons. The molecule has 200 valence electrons. The number of rotatable bonds is 6. The second kappa shape index (κ2) is 9.54. The summed E-state index contributed by atoms with van der Waals surface area (Å²) in [6.07, 6.45) is 14.2. The molecule has 4 saturated carbocycles. The number of nitrogens with one attached hydrogen (secondary N) is 1. The number of hydrogen-bond acceptors (Lipinski definition) is 5. The van der Waals surface area contributed by atoms with Crippen LogP contribution in [0.15, 0.2) is 12.4 Å². The molecule has 0 aromatic carbocycles. The average molecular weight is 500 g/mol. The molecule has 4 fully saturated rings. The molecule has 1 aromatic heterocycles. The lowest BCUT2D eigenvalue weighted by molar-refractivity contribution is -0.133. The third-order valence-corrected chi connectivity index (χ3v) is 11.0. The molecule has 0 spiro atoms. The highest BCUT2D eigenvalue weighted by molar-refractivity contribution is 5.88. The summed E-state index contributed by atoms with van der Waals surface area (Å²) in [5.41, 5.74) is 0.281. The van der Waals surface area contributed by atoms with Gasteiger partial charge < -0.3 is 15.2 Å². The standard InChI is InChI=1S/C29H45N3O4/c1-19(33)31-22-15-30-32(16-22)17-25(34)24-5-6-26-27(2)10-7-20-13-21(23(27)9-11-28(24,26)3)8-12-29(35,14-20)18-36-4/h15-16,20-21,23-24,26,35H,5-14,17-18H2,1-4H3,(H,31,33)/t20-,21-,23-,24-,26+,27-,28-,29-/m1/s1.